The Morgan fingerprint density at radius 1 is 1.25 bits per heavy atom. The number of carbonyl (C=O) groups is 1. The van der Waals surface area contributed by atoms with E-state index in [-0.39, 0.29) is 29.4 Å². The zero-order valence-electron chi connectivity index (χ0n) is 13.7. The number of ether oxygens (including phenoxy) is 3. The number of hydrogen-bond acceptors (Lipinski definition) is 5. The third-order valence-electron chi connectivity index (χ3n) is 3.38. The van der Waals surface area contributed by atoms with Crippen LogP contribution >= 0.6 is 0 Å². The van der Waals surface area contributed by atoms with Crippen LogP contribution in [-0.2, 0) is 20.4 Å². The van der Waals surface area contributed by atoms with Gasteiger partial charge in [-0.25, -0.2) is 0 Å². The highest BCUT2D eigenvalue weighted by molar-refractivity contribution is 6.24. The summed E-state index contributed by atoms with van der Waals surface area (Å²) >= 11 is 0. The topological polar surface area (TPSA) is 48.0 Å². The summed E-state index contributed by atoms with van der Waals surface area (Å²) in [5.74, 6) is -0.375. The van der Waals surface area contributed by atoms with Crippen LogP contribution < -0.4 is 4.74 Å². The molecule has 24 heavy (non-hydrogen) atoms. The van der Waals surface area contributed by atoms with Crippen LogP contribution in [0.4, 0.5) is 13.2 Å². The lowest BCUT2D eigenvalue weighted by atomic mass is 9.99. The molecule has 1 aromatic carbocycles. The zero-order valence-corrected chi connectivity index (χ0v) is 13.7. The van der Waals surface area contributed by atoms with Gasteiger partial charge in [0.25, 0.3) is 6.29 Å². The monoisotopic (exact) mass is 345 g/mol. The fraction of sp³-hybridized carbons (Fsp3) is 0.438. The summed E-state index contributed by atoms with van der Waals surface area (Å²) in [6.45, 7) is 1.92. The van der Waals surface area contributed by atoms with Crippen molar-refractivity contribution in [3.05, 3.63) is 35.2 Å². The number of halogens is 3. The highest BCUT2D eigenvalue weighted by Crippen LogP contribution is 2.38. The molecule has 1 aromatic rings. The van der Waals surface area contributed by atoms with Gasteiger partial charge in [-0.05, 0) is 30.7 Å². The van der Waals surface area contributed by atoms with Crippen LogP contribution in [-0.4, -0.2) is 44.8 Å². The highest BCUT2D eigenvalue weighted by atomic mass is 19.4. The maximum absolute atomic E-state index is 13.1. The Balaban J connectivity index is 2.59. The van der Waals surface area contributed by atoms with Crippen LogP contribution in [0.15, 0.2) is 24.1 Å². The molecular formula is C16H18F3NO4. The second-order valence-electron chi connectivity index (χ2n) is 5.29. The van der Waals surface area contributed by atoms with Crippen molar-refractivity contribution < 1.29 is 32.2 Å². The van der Waals surface area contributed by atoms with Crippen molar-refractivity contribution in [1.29, 1.82) is 0 Å². The summed E-state index contributed by atoms with van der Waals surface area (Å²) in [7, 11) is 4.51. The van der Waals surface area contributed by atoms with E-state index in [1.165, 1.54) is 18.1 Å². The minimum absolute atomic E-state index is 0.00177. The van der Waals surface area contributed by atoms with Crippen molar-refractivity contribution in [3.63, 3.8) is 0 Å². The quantitative estimate of drug-likeness (QED) is 0.821. The number of nitrogens with zero attached hydrogens (tertiary/aromatic N) is 1. The minimum Gasteiger partial charge on any atom is -0.497 e. The number of alkyl halides is 3. The Morgan fingerprint density at radius 3 is 2.42 bits per heavy atom. The SMILES string of the molecule is CCOC1OC(N(C)C)=C(c2cc(OC)cc(C(F)(F)F)c2)C1=O. The maximum Gasteiger partial charge on any atom is 0.416 e. The van der Waals surface area contributed by atoms with E-state index in [0.29, 0.717) is 0 Å². The molecule has 0 bridgehead atoms. The molecular weight excluding hydrogens is 327 g/mol. The molecule has 0 saturated carbocycles. The van der Waals surface area contributed by atoms with E-state index in [1.54, 1.807) is 21.0 Å². The molecule has 0 fully saturated rings. The first-order chi connectivity index (χ1) is 11.2. The van der Waals surface area contributed by atoms with Crippen molar-refractivity contribution in [2.75, 3.05) is 27.8 Å². The number of ketones is 1. The lowest BCUT2D eigenvalue weighted by Crippen LogP contribution is -2.22. The van der Waals surface area contributed by atoms with Gasteiger partial charge in [-0.3, -0.25) is 4.79 Å². The number of methoxy groups -OCH3 is 1. The molecule has 0 amide bonds. The minimum atomic E-state index is -4.57. The average Bonchev–Trinajstić information content (AvgIpc) is 2.83. The number of Topliss-reactive ketones (excluding diaryl/α,β-unsaturated/α-hetero) is 1. The van der Waals surface area contributed by atoms with E-state index < -0.39 is 23.8 Å². The molecule has 1 aliphatic rings. The Kier molecular flexibility index (Phi) is 5.08. The van der Waals surface area contributed by atoms with Gasteiger partial charge in [0.2, 0.25) is 11.7 Å². The van der Waals surface area contributed by atoms with E-state index >= 15 is 0 Å². The number of carbonyl (C=O) groups excluding carboxylic acids is 1. The molecule has 0 aromatic heterocycles. The molecule has 132 valence electrons. The Morgan fingerprint density at radius 2 is 1.92 bits per heavy atom. The second-order valence-corrected chi connectivity index (χ2v) is 5.29. The fourth-order valence-corrected chi connectivity index (χ4v) is 2.32. The Bertz CT molecular complexity index is 668. The van der Waals surface area contributed by atoms with Crippen molar-refractivity contribution in [1.82, 2.24) is 4.90 Å². The first-order valence-electron chi connectivity index (χ1n) is 7.19. The number of rotatable bonds is 5. The summed E-state index contributed by atoms with van der Waals surface area (Å²) in [4.78, 5) is 14.0. The average molecular weight is 345 g/mol. The molecule has 2 rings (SSSR count). The molecule has 8 heteroatoms. The van der Waals surface area contributed by atoms with Crippen LogP contribution in [0.2, 0.25) is 0 Å². The van der Waals surface area contributed by atoms with Crippen molar-refractivity contribution in [2.45, 2.75) is 19.4 Å². The molecule has 1 atom stereocenters. The van der Waals surface area contributed by atoms with Crippen LogP contribution in [0.1, 0.15) is 18.1 Å². The fourth-order valence-electron chi connectivity index (χ4n) is 2.32. The van der Waals surface area contributed by atoms with Crippen molar-refractivity contribution in [3.8, 4) is 5.75 Å². The molecule has 0 N–H and O–H groups in total. The smallest absolute Gasteiger partial charge is 0.416 e. The third-order valence-corrected chi connectivity index (χ3v) is 3.38. The second kappa shape index (κ2) is 6.72. The number of hydrogen-bond donors (Lipinski definition) is 0. The van der Waals surface area contributed by atoms with E-state index in [9.17, 15) is 18.0 Å². The first kappa shape index (κ1) is 18.1. The van der Waals surface area contributed by atoms with Gasteiger partial charge in [0.1, 0.15) is 5.75 Å². The van der Waals surface area contributed by atoms with Gasteiger partial charge in [0, 0.05) is 20.7 Å². The third kappa shape index (κ3) is 3.48. The van der Waals surface area contributed by atoms with Crippen LogP contribution in [0.25, 0.3) is 5.57 Å². The largest absolute Gasteiger partial charge is 0.497 e. The summed E-state index contributed by atoms with van der Waals surface area (Å²) in [6, 6.07) is 3.14. The van der Waals surface area contributed by atoms with E-state index in [4.69, 9.17) is 14.2 Å². The molecule has 1 aliphatic heterocycles. The van der Waals surface area contributed by atoms with Crippen LogP contribution in [0, 0.1) is 0 Å². The van der Waals surface area contributed by atoms with Gasteiger partial charge < -0.3 is 19.1 Å². The van der Waals surface area contributed by atoms with Crippen LogP contribution in [0.3, 0.4) is 0 Å². The van der Waals surface area contributed by atoms with E-state index in [2.05, 4.69) is 0 Å². The van der Waals surface area contributed by atoms with Crippen molar-refractivity contribution >= 4 is 11.4 Å². The predicted octanol–water partition coefficient (Wildman–Crippen LogP) is 2.91. The number of benzene rings is 1. The lowest BCUT2D eigenvalue weighted by Gasteiger charge is -2.17. The summed E-state index contributed by atoms with van der Waals surface area (Å²) < 4.78 is 54.9. The maximum atomic E-state index is 13.1. The zero-order chi connectivity index (χ0) is 18.1. The summed E-state index contributed by atoms with van der Waals surface area (Å²) in [5.41, 5.74) is -0.810. The van der Waals surface area contributed by atoms with Gasteiger partial charge >= 0.3 is 6.18 Å². The normalized spacial score (nSPS) is 18.0. The molecule has 0 saturated heterocycles. The molecule has 5 nitrogen and oxygen atoms in total. The van der Waals surface area contributed by atoms with Crippen molar-refractivity contribution in [2.24, 2.45) is 0 Å². The molecule has 0 aliphatic carbocycles. The Hall–Kier alpha value is -2.22. The van der Waals surface area contributed by atoms with Gasteiger partial charge in [0.15, 0.2) is 0 Å². The van der Waals surface area contributed by atoms with Gasteiger partial charge in [-0.1, -0.05) is 0 Å². The molecule has 0 radical (unpaired) electrons. The summed E-state index contributed by atoms with van der Waals surface area (Å²) in [5, 5.41) is 0. The van der Waals surface area contributed by atoms with Gasteiger partial charge in [-0.2, -0.15) is 13.2 Å². The summed E-state index contributed by atoms with van der Waals surface area (Å²) in [6.07, 6.45) is -5.73. The van der Waals surface area contributed by atoms with Crippen LogP contribution in [0.5, 0.6) is 5.75 Å². The predicted molar refractivity (Wildman–Crippen MR) is 80.1 cm³/mol. The lowest BCUT2D eigenvalue weighted by molar-refractivity contribution is -0.150. The molecule has 0 spiro atoms. The van der Waals surface area contributed by atoms with Gasteiger partial charge in [-0.15, -0.1) is 0 Å². The Labute approximate surface area is 137 Å². The molecule has 1 unspecified atom stereocenters. The highest BCUT2D eigenvalue weighted by Gasteiger charge is 2.39. The first-order valence-corrected chi connectivity index (χ1v) is 7.19. The standard InChI is InChI=1S/C16H18F3NO4/c1-5-23-15-13(21)12(14(24-15)20(2)3)9-6-10(16(17,18)19)8-11(7-9)22-4/h6-8,15H,5H2,1-4H3. The van der Waals surface area contributed by atoms with E-state index in [1.807, 2.05) is 0 Å². The van der Waals surface area contributed by atoms with Gasteiger partial charge in [0.05, 0.1) is 18.2 Å². The van der Waals surface area contributed by atoms with E-state index in [0.717, 1.165) is 12.1 Å². The molecule has 1 heterocycles.